The Hall–Kier alpha value is -4.04. The number of sulfonamides is 1. The molecule has 46 heavy (non-hydrogen) atoms. The predicted octanol–water partition coefficient (Wildman–Crippen LogP) is 3.97. The van der Waals surface area contributed by atoms with Gasteiger partial charge in [0.2, 0.25) is 10.0 Å². The lowest BCUT2D eigenvalue weighted by Gasteiger charge is -2.34. The standard InChI is InChI=1S/C34H37FN8O2S/c1-46(44,45)39-18-22-10-24(13-26(35)12-22)27-8-5-9-29-32(27)41-34(40-29)33-28-14-30(38-20-31(28)42-43-33)25-11-23(17-37-19-25)16-36-15-21-6-3-2-4-7-21/h2-13,17,19,28,30-31,33,36,38-39,42-43H,14-16,18,20H2,1H3,(H,40,41). The minimum Gasteiger partial charge on any atom is -0.341 e. The SMILES string of the molecule is CS(=O)(=O)NCc1cc(F)cc(-c2cccc3[nH]c(C4NNC5CNC(c6cncc(CNCc7ccccc7)c6)CC54)nc23)c1. The molecule has 2 aliphatic heterocycles. The van der Waals surface area contributed by atoms with Gasteiger partial charge in [-0.1, -0.05) is 42.5 Å². The van der Waals surface area contributed by atoms with Gasteiger partial charge in [0.25, 0.3) is 0 Å². The number of hydrazine groups is 1. The van der Waals surface area contributed by atoms with Gasteiger partial charge < -0.3 is 15.6 Å². The van der Waals surface area contributed by atoms with E-state index in [1.54, 1.807) is 6.07 Å². The topological polar surface area (TPSA) is 136 Å². The summed E-state index contributed by atoms with van der Waals surface area (Å²) in [5.74, 6) is 0.639. The molecule has 0 amide bonds. The average Bonchev–Trinajstić information content (AvgIpc) is 3.68. The first-order chi connectivity index (χ1) is 22.3. The van der Waals surface area contributed by atoms with Gasteiger partial charge >= 0.3 is 0 Å². The Balaban J connectivity index is 1.09. The van der Waals surface area contributed by atoms with Gasteiger partial charge in [-0.15, -0.1) is 0 Å². The number of para-hydroxylation sites is 1. The van der Waals surface area contributed by atoms with E-state index in [2.05, 4.69) is 66.5 Å². The lowest BCUT2D eigenvalue weighted by molar-refractivity contribution is 0.263. The number of piperidine rings is 1. The van der Waals surface area contributed by atoms with Crippen molar-refractivity contribution in [1.82, 2.24) is 41.2 Å². The summed E-state index contributed by atoms with van der Waals surface area (Å²) in [4.78, 5) is 13.1. The zero-order chi connectivity index (χ0) is 31.7. The number of halogens is 1. The van der Waals surface area contributed by atoms with E-state index < -0.39 is 15.8 Å². The third kappa shape index (κ3) is 6.87. The summed E-state index contributed by atoms with van der Waals surface area (Å²) in [6, 6.07) is 23.3. The average molecular weight is 641 g/mol. The largest absolute Gasteiger partial charge is 0.341 e. The van der Waals surface area contributed by atoms with Gasteiger partial charge in [0.15, 0.2) is 0 Å². The van der Waals surface area contributed by atoms with Crippen molar-refractivity contribution in [3.05, 3.63) is 119 Å². The van der Waals surface area contributed by atoms with Crippen LogP contribution in [0.5, 0.6) is 0 Å². The molecule has 4 unspecified atom stereocenters. The minimum atomic E-state index is -3.41. The Morgan fingerprint density at radius 2 is 1.76 bits per heavy atom. The molecule has 12 heteroatoms. The summed E-state index contributed by atoms with van der Waals surface area (Å²) >= 11 is 0. The number of imidazole rings is 1. The second-order valence-corrected chi connectivity index (χ2v) is 14.0. The molecule has 0 saturated carbocycles. The zero-order valence-corrected chi connectivity index (χ0v) is 26.2. The minimum absolute atomic E-state index is 0.00392. The van der Waals surface area contributed by atoms with Crippen LogP contribution in [0.3, 0.4) is 0 Å². The summed E-state index contributed by atoms with van der Waals surface area (Å²) in [7, 11) is -3.41. The summed E-state index contributed by atoms with van der Waals surface area (Å²) in [5.41, 5.74) is 14.0. The maximum Gasteiger partial charge on any atom is 0.209 e. The summed E-state index contributed by atoms with van der Waals surface area (Å²) in [6.07, 6.45) is 5.85. The molecule has 2 aromatic heterocycles. The molecular formula is C34H37FN8O2S. The Morgan fingerprint density at radius 1 is 0.913 bits per heavy atom. The number of benzene rings is 3. The molecular weight excluding hydrogens is 603 g/mol. The lowest BCUT2D eigenvalue weighted by Crippen LogP contribution is -2.46. The number of hydrogen-bond acceptors (Lipinski definition) is 8. The van der Waals surface area contributed by atoms with Gasteiger partial charge in [0.05, 0.1) is 23.3 Å². The van der Waals surface area contributed by atoms with E-state index in [4.69, 9.17) is 4.98 Å². The number of aromatic nitrogens is 3. The molecule has 2 saturated heterocycles. The van der Waals surface area contributed by atoms with E-state index in [0.717, 1.165) is 60.3 Å². The number of pyridine rings is 1. The van der Waals surface area contributed by atoms with Crippen molar-refractivity contribution in [3.63, 3.8) is 0 Å². The van der Waals surface area contributed by atoms with Gasteiger partial charge in [0.1, 0.15) is 11.6 Å². The van der Waals surface area contributed by atoms with Crippen molar-refractivity contribution in [3.8, 4) is 11.1 Å². The highest BCUT2D eigenvalue weighted by Gasteiger charge is 2.42. The van der Waals surface area contributed by atoms with E-state index in [0.29, 0.717) is 11.1 Å². The second kappa shape index (κ2) is 13.0. The molecule has 4 heterocycles. The van der Waals surface area contributed by atoms with Crippen LogP contribution in [0.4, 0.5) is 4.39 Å². The van der Waals surface area contributed by atoms with Crippen LogP contribution in [-0.4, -0.2) is 42.2 Å². The van der Waals surface area contributed by atoms with Crippen molar-refractivity contribution >= 4 is 21.1 Å². The maximum absolute atomic E-state index is 14.7. The second-order valence-electron chi connectivity index (χ2n) is 12.2. The van der Waals surface area contributed by atoms with Crippen LogP contribution in [0, 0.1) is 11.7 Å². The number of H-pyrrole nitrogens is 1. The quantitative estimate of drug-likeness (QED) is 0.135. The Labute approximate surface area is 267 Å². The summed E-state index contributed by atoms with van der Waals surface area (Å²) in [5, 5.41) is 7.22. The fourth-order valence-electron chi connectivity index (χ4n) is 6.59. The highest BCUT2D eigenvalue weighted by molar-refractivity contribution is 7.88. The first kappa shape index (κ1) is 30.6. The van der Waals surface area contributed by atoms with Crippen LogP contribution in [0.2, 0.25) is 0 Å². The number of rotatable bonds is 10. The maximum atomic E-state index is 14.7. The molecule has 0 aliphatic carbocycles. The Kier molecular flexibility index (Phi) is 8.64. The summed E-state index contributed by atoms with van der Waals surface area (Å²) < 4.78 is 40.3. The number of nitrogens with zero attached hydrogens (tertiary/aromatic N) is 2. The molecule has 6 N–H and O–H groups in total. The van der Waals surface area contributed by atoms with Crippen molar-refractivity contribution in [2.24, 2.45) is 5.92 Å². The van der Waals surface area contributed by atoms with Crippen molar-refractivity contribution in [1.29, 1.82) is 0 Å². The van der Waals surface area contributed by atoms with Crippen LogP contribution >= 0.6 is 0 Å². The Morgan fingerprint density at radius 3 is 2.61 bits per heavy atom. The highest BCUT2D eigenvalue weighted by atomic mass is 32.2. The van der Waals surface area contributed by atoms with Crippen molar-refractivity contribution in [2.45, 2.75) is 44.2 Å². The van der Waals surface area contributed by atoms with Gasteiger partial charge in [-0.05, 0) is 64.6 Å². The molecule has 5 aromatic rings. The molecule has 0 spiro atoms. The molecule has 238 valence electrons. The molecule has 2 fully saturated rings. The third-order valence-corrected chi connectivity index (χ3v) is 9.48. The molecule has 0 radical (unpaired) electrons. The highest BCUT2D eigenvalue weighted by Crippen LogP contribution is 2.39. The van der Waals surface area contributed by atoms with Crippen LogP contribution in [0.15, 0.2) is 85.2 Å². The van der Waals surface area contributed by atoms with E-state index in [1.165, 1.54) is 23.3 Å². The first-order valence-electron chi connectivity index (χ1n) is 15.4. The summed E-state index contributed by atoms with van der Waals surface area (Å²) in [6.45, 7) is 2.34. The van der Waals surface area contributed by atoms with E-state index in [-0.39, 0.29) is 30.6 Å². The molecule has 0 bridgehead atoms. The Bertz CT molecular complexity index is 1950. The van der Waals surface area contributed by atoms with Crippen LogP contribution in [-0.2, 0) is 29.7 Å². The molecule has 4 atom stereocenters. The lowest BCUT2D eigenvalue weighted by atomic mass is 9.82. The van der Waals surface area contributed by atoms with Crippen molar-refractivity contribution in [2.75, 3.05) is 12.8 Å². The first-order valence-corrected chi connectivity index (χ1v) is 17.3. The smallest absolute Gasteiger partial charge is 0.209 e. The van der Waals surface area contributed by atoms with Crippen LogP contribution in [0.25, 0.3) is 22.2 Å². The van der Waals surface area contributed by atoms with Crippen LogP contribution in [0.1, 0.15) is 46.6 Å². The molecule has 7 rings (SSSR count). The van der Waals surface area contributed by atoms with Crippen LogP contribution < -0.4 is 26.2 Å². The number of aromatic amines is 1. The van der Waals surface area contributed by atoms with Gasteiger partial charge in [-0.3, -0.25) is 10.4 Å². The molecule has 3 aromatic carbocycles. The number of hydrogen-bond donors (Lipinski definition) is 6. The normalized spacial score (nSPS) is 21.4. The van der Waals surface area contributed by atoms with Gasteiger partial charge in [0, 0.05) is 62.1 Å². The molecule has 2 aliphatic rings. The van der Waals surface area contributed by atoms with E-state index >= 15 is 0 Å². The van der Waals surface area contributed by atoms with Gasteiger partial charge in [-0.25, -0.2) is 27.9 Å². The third-order valence-electron chi connectivity index (χ3n) is 8.81. The molecule has 10 nitrogen and oxygen atoms in total. The van der Waals surface area contributed by atoms with E-state index in [1.807, 2.05) is 36.7 Å². The monoisotopic (exact) mass is 640 g/mol. The number of nitrogens with one attached hydrogen (secondary N) is 6. The predicted molar refractivity (Wildman–Crippen MR) is 176 cm³/mol. The van der Waals surface area contributed by atoms with Crippen molar-refractivity contribution < 1.29 is 12.8 Å². The number of fused-ring (bicyclic) bond motifs is 2. The van der Waals surface area contributed by atoms with Gasteiger partial charge in [-0.2, -0.15) is 0 Å². The zero-order valence-electron chi connectivity index (χ0n) is 25.4. The van der Waals surface area contributed by atoms with E-state index in [9.17, 15) is 12.8 Å². The fourth-order valence-corrected chi connectivity index (χ4v) is 7.02. The fraction of sp³-hybridized carbons (Fsp3) is 0.294.